The van der Waals surface area contributed by atoms with Crippen LogP contribution in [0, 0.1) is 6.92 Å². The molecular weight excluding hydrogens is 284 g/mol. The Kier molecular flexibility index (Phi) is 3.96. The van der Waals surface area contributed by atoms with Crippen LogP contribution < -0.4 is 0 Å². The van der Waals surface area contributed by atoms with Crippen LogP contribution in [0.1, 0.15) is 66.5 Å². The summed E-state index contributed by atoms with van der Waals surface area (Å²) in [6, 6.07) is 0. The summed E-state index contributed by atoms with van der Waals surface area (Å²) in [4.78, 5) is 22.8. The Bertz CT molecular complexity index is 661. The van der Waals surface area contributed by atoms with E-state index in [-0.39, 0.29) is 17.7 Å². The molecule has 1 amide bonds. The van der Waals surface area contributed by atoms with E-state index in [1.807, 2.05) is 13.8 Å². The summed E-state index contributed by atoms with van der Waals surface area (Å²) in [7, 11) is 0. The van der Waals surface area contributed by atoms with Gasteiger partial charge >= 0.3 is 0 Å². The van der Waals surface area contributed by atoms with Crippen LogP contribution in [0.25, 0.3) is 0 Å². The van der Waals surface area contributed by atoms with Crippen LogP contribution >= 0.6 is 0 Å². The number of hydrogen-bond donors (Lipinski definition) is 0. The topological polar surface area (TPSA) is 85.3 Å². The van der Waals surface area contributed by atoms with Gasteiger partial charge < -0.3 is 13.8 Å². The highest BCUT2D eigenvalue weighted by atomic mass is 16.5. The first-order valence-corrected chi connectivity index (χ1v) is 7.59. The molecule has 0 saturated carbocycles. The molecule has 1 aliphatic rings. The molecule has 3 rings (SSSR count). The van der Waals surface area contributed by atoms with Crippen molar-refractivity contribution >= 4 is 5.91 Å². The molecule has 3 heterocycles. The van der Waals surface area contributed by atoms with Crippen LogP contribution in [0.15, 0.2) is 15.3 Å². The molecule has 2 aromatic heterocycles. The predicted molar refractivity (Wildman–Crippen MR) is 77.5 cm³/mol. The van der Waals surface area contributed by atoms with Crippen LogP contribution in [0.3, 0.4) is 0 Å². The standard InChI is InChI=1S/C15H20N4O3/c1-9(2)13-17-14(22-18-13)11-5-4-6-19(7-11)15(20)12-10(3)21-8-16-12/h8-9,11H,4-7H2,1-3H3. The average molecular weight is 304 g/mol. The molecular formula is C15H20N4O3. The summed E-state index contributed by atoms with van der Waals surface area (Å²) in [5.74, 6) is 2.11. The van der Waals surface area contributed by atoms with Crippen molar-refractivity contribution in [3.05, 3.63) is 29.6 Å². The number of aryl methyl sites for hydroxylation is 1. The van der Waals surface area contributed by atoms with Gasteiger partial charge in [-0.05, 0) is 19.8 Å². The Morgan fingerprint density at radius 3 is 2.91 bits per heavy atom. The van der Waals surface area contributed by atoms with Crippen LogP contribution in [0.4, 0.5) is 0 Å². The molecule has 0 spiro atoms. The zero-order chi connectivity index (χ0) is 15.7. The van der Waals surface area contributed by atoms with Gasteiger partial charge in [-0.2, -0.15) is 4.98 Å². The third-order valence-corrected chi connectivity index (χ3v) is 3.98. The lowest BCUT2D eigenvalue weighted by Crippen LogP contribution is -2.39. The smallest absolute Gasteiger partial charge is 0.276 e. The first-order valence-electron chi connectivity index (χ1n) is 7.59. The average Bonchev–Trinajstić information content (AvgIpc) is 3.15. The molecule has 2 aromatic rings. The van der Waals surface area contributed by atoms with Crippen molar-refractivity contribution in [3.63, 3.8) is 0 Å². The van der Waals surface area contributed by atoms with Crippen LogP contribution in [0.5, 0.6) is 0 Å². The molecule has 0 bridgehead atoms. The molecule has 7 heteroatoms. The molecule has 22 heavy (non-hydrogen) atoms. The second kappa shape index (κ2) is 5.90. The Morgan fingerprint density at radius 1 is 1.45 bits per heavy atom. The van der Waals surface area contributed by atoms with E-state index in [0.717, 1.165) is 12.8 Å². The molecule has 1 atom stereocenters. The molecule has 7 nitrogen and oxygen atoms in total. The maximum Gasteiger partial charge on any atom is 0.276 e. The number of rotatable bonds is 3. The number of likely N-dealkylation sites (tertiary alicyclic amines) is 1. The number of carbonyl (C=O) groups excluding carboxylic acids is 1. The van der Waals surface area contributed by atoms with E-state index in [9.17, 15) is 4.79 Å². The Hall–Kier alpha value is -2.18. The largest absolute Gasteiger partial charge is 0.448 e. The van der Waals surface area contributed by atoms with E-state index in [1.54, 1.807) is 11.8 Å². The fourth-order valence-corrected chi connectivity index (χ4v) is 2.67. The lowest BCUT2D eigenvalue weighted by Gasteiger charge is -2.30. The first kappa shape index (κ1) is 14.7. The molecule has 0 N–H and O–H groups in total. The second-order valence-corrected chi connectivity index (χ2v) is 5.99. The van der Waals surface area contributed by atoms with E-state index in [2.05, 4.69) is 15.1 Å². The van der Waals surface area contributed by atoms with E-state index in [0.29, 0.717) is 36.3 Å². The van der Waals surface area contributed by atoms with Crippen LogP contribution in [-0.4, -0.2) is 39.0 Å². The zero-order valence-corrected chi connectivity index (χ0v) is 13.1. The van der Waals surface area contributed by atoms with Gasteiger partial charge in [0.05, 0.1) is 5.92 Å². The normalized spacial score (nSPS) is 18.9. The van der Waals surface area contributed by atoms with Gasteiger partial charge in [-0.25, -0.2) is 4.98 Å². The highest BCUT2D eigenvalue weighted by Gasteiger charge is 2.30. The highest BCUT2D eigenvalue weighted by molar-refractivity contribution is 5.93. The number of nitrogens with zero attached hydrogens (tertiary/aromatic N) is 4. The second-order valence-electron chi connectivity index (χ2n) is 5.99. The van der Waals surface area contributed by atoms with E-state index >= 15 is 0 Å². The third kappa shape index (κ3) is 2.75. The lowest BCUT2D eigenvalue weighted by molar-refractivity contribution is 0.0688. The van der Waals surface area contributed by atoms with Gasteiger partial charge in [0.2, 0.25) is 5.89 Å². The quantitative estimate of drug-likeness (QED) is 0.866. The molecule has 1 saturated heterocycles. The number of carbonyl (C=O) groups is 1. The predicted octanol–water partition coefficient (Wildman–Crippen LogP) is 2.51. The third-order valence-electron chi connectivity index (χ3n) is 3.98. The van der Waals surface area contributed by atoms with Gasteiger partial charge in [0, 0.05) is 19.0 Å². The first-order chi connectivity index (χ1) is 10.6. The number of hydrogen-bond acceptors (Lipinski definition) is 6. The SMILES string of the molecule is Cc1ocnc1C(=O)N1CCCC(c2nc(C(C)C)no2)C1. The molecule has 0 radical (unpaired) electrons. The Labute approximate surface area is 128 Å². The fraction of sp³-hybridized carbons (Fsp3) is 0.600. The lowest BCUT2D eigenvalue weighted by atomic mass is 9.97. The molecule has 1 unspecified atom stereocenters. The number of aromatic nitrogens is 3. The van der Waals surface area contributed by atoms with Crippen molar-refractivity contribution in [1.82, 2.24) is 20.0 Å². The summed E-state index contributed by atoms with van der Waals surface area (Å²) in [6.07, 6.45) is 3.16. The summed E-state index contributed by atoms with van der Waals surface area (Å²) in [6.45, 7) is 7.09. The zero-order valence-electron chi connectivity index (χ0n) is 13.1. The maximum absolute atomic E-state index is 12.5. The number of amides is 1. The van der Waals surface area contributed by atoms with Gasteiger partial charge in [-0.3, -0.25) is 4.79 Å². The monoisotopic (exact) mass is 304 g/mol. The minimum atomic E-state index is -0.0976. The van der Waals surface area contributed by atoms with E-state index in [4.69, 9.17) is 8.94 Å². The van der Waals surface area contributed by atoms with Gasteiger partial charge in [0.25, 0.3) is 5.91 Å². The van der Waals surface area contributed by atoms with Gasteiger partial charge in [0.15, 0.2) is 17.9 Å². The van der Waals surface area contributed by atoms with Crippen molar-refractivity contribution < 1.29 is 13.7 Å². The summed E-state index contributed by atoms with van der Waals surface area (Å²) < 4.78 is 10.5. The summed E-state index contributed by atoms with van der Waals surface area (Å²) in [5, 5.41) is 4.01. The fourth-order valence-electron chi connectivity index (χ4n) is 2.67. The van der Waals surface area contributed by atoms with Crippen molar-refractivity contribution in [1.29, 1.82) is 0 Å². The van der Waals surface area contributed by atoms with Crippen molar-refractivity contribution in [3.8, 4) is 0 Å². The Morgan fingerprint density at radius 2 is 2.27 bits per heavy atom. The minimum absolute atomic E-state index is 0.0879. The van der Waals surface area contributed by atoms with Crippen LogP contribution in [-0.2, 0) is 0 Å². The Balaban J connectivity index is 1.73. The molecule has 0 aromatic carbocycles. The molecule has 1 aliphatic heterocycles. The van der Waals surface area contributed by atoms with Gasteiger partial charge in [-0.1, -0.05) is 19.0 Å². The van der Waals surface area contributed by atoms with E-state index < -0.39 is 0 Å². The molecule has 118 valence electrons. The maximum atomic E-state index is 12.5. The van der Waals surface area contributed by atoms with Crippen molar-refractivity contribution in [2.45, 2.75) is 45.4 Å². The number of piperidine rings is 1. The summed E-state index contributed by atoms with van der Waals surface area (Å²) >= 11 is 0. The molecule has 1 fully saturated rings. The molecule has 0 aliphatic carbocycles. The van der Waals surface area contributed by atoms with Gasteiger partial charge in [0.1, 0.15) is 5.76 Å². The van der Waals surface area contributed by atoms with E-state index in [1.165, 1.54) is 6.39 Å². The minimum Gasteiger partial charge on any atom is -0.448 e. The van der Waals surface area contributed by atoms with Crippen molar-refractivity contribution in [2.75, 3.05) is 13.1 Å². The van der Waals surface area contributed by atoms with Crippen molar-refractivity contribution in [2.24, 2.45) is 0 Å². The summed E-state index contributed by atoms with van der Waals surface area (Å²) in [5.41, 5.74) is 0.383. The highest BCUT2D eigenvalue weighted by Crippen LogP contribution is 2.27. The van der Waals surface area contributed by atoms with Crippen LogP contribution in [0.2, 0.25) is 0 Å². The number of oxazole rings is 1. The van der Waals surface area contributed by atoms with Gasteiger partial charge in [-0.15, -0.1) is 0 Å².